The molecule has 0 bridgehead atoms. The van der Waals surface area contributed by atoms with Gasteiger partial charge in [-0.05, 0) is 14.1 Å². The zero-order valence-corrected chi connectivity index (χ0v) is 10.3. The summed E-state index contributed by atoms with van der Waals surface area (Å²) in [5, 5.41) is 18.7. The third-order valence-corrected chi connectivity index (χ3v) is 2.45. The molecule has 0 fully saturated rings. The second kappa shape index (κ2) is 8.86. The lowest BCUT2D eigenvalue weighted by molar-refractivity contribution is 0.109. The molecule has 2 atom stereocenters. The first-order chi connectivity index (χ1) is 7.49. The van der Waals surface area contributed by atoms with Crippen molar-refractivity contribution in [2.75, 3.05) is 53.4 Å². The fourth-order valence-electron chi connectivity index (χ4n) is 1.39. The van der Waals surface area contributed by atoms with E-state index < -0.39 is 12.2 Å². The maximum Gasteiger partial charge on any atom is 0.0789 e. The van der Waals surface area contributed by atoms with E-state index in [-0.39, 0.29) is 13.1 Å². The Morgan fingerprint density at radius 1 is 0.875 bits per heavy atom. The van der Waals surface area contributed by atoms with E-state index in [9.17, 15) is 10.2 Å². The molecule has 6 nitrogen and oxygen atoms in total. The number of nitrogens with two attached hydrogens (primary N) is 2. The van der Waals surface area contributed by atoms with Crippen molar-refractivity contribution in [3.05, 3.63) is 0 Å². The van der Waals surface area contributed by atoms with Gasteiger partial charge in [0.2, 0.25) is 0 Å². The van der Waals surface area contributed by atoms with E-state index in [0.717, 1.165) is 13.1 Å². The fourth-order valence-corrected chi connectivity index (χ4v) is 1.39. The molecule has 98 valence electrons. The van der Waals surface area contributed by atoms with E-state index in [1.807, 2.05) is 23.9 Å². The Kier molecular flexibility index (Phi) is 8.73. The Morgan fingerprint density at radius 2 is 1.19 bits per heavy atom. The van der Waals surface area contributed by atoms with Gasteiger partial charge in [0.05, 0.1) is 12.2 Å². The molecule has 0 aromatic rings. The standard InChI is InChI=1S/C10H26N4O2/c1-13(7-9(15)5-11)3-4-14(2)8-10(16)6-12/h9-10,15-16H,3-8,11-12H2,1-2H3. The highest BCUT2D eigenvalue weighted by atomic mass is 16.3. The van der Waals surface area contributed by atoms with Crippen LogP contribution in [0.4, 0.5) is 0 Å². The molecule has 0 aromatic heterocycles. The Balaban J connectivity index is 3.62. The molecule has 0 spiro atoms. The highest BCUT2D eigenvalue weighted by Gasteiger charge is 2.09. The van der Waals surface area contributed by atoms with Crippen LogP contribution in [0.2, 0.25) is 0 Å². The van der Waals surface area contributed by atoms with Crippen molar-refractivity contribution in [1.82, 2.24) is 9.80 Å². The van der Waals surface area contributed by atoms with Crippen molar-refractivity contribution < 1.29 is 10.2 Å². The maximum atomic E-state index is 9.34. The minimum Gasteiger partial charge on any atom is -0.390 e. The van der Waals surface area contributed by atoms with E-state index in [4.69, 9.17) is 11.5 Å². The predicted octanol–water partition coefficient (Wildman–Crippen LogP) is -2.51. The van der Waals surface area contributed by atoms with Gasteiger partial charge in [-0.1, -0.05) is 0 Å². The van der Waals surface area contributed by atoms with Gasteiger partial charge >= 0.3 is 0 Å². The Bertz CT molecular complexity index is 153. The largest absolute Gasteiger partial charge is 0.390 e. The lowest BCUT2D eigenvalue weighted by Gasteiger charge is -2.24. The van der Waals surface area contributed by atoms with Crippen LogP contribution in [-0.4, -0.2) is 85.6 Å². The normalized spacial score (nSPS) is 15.8. The van der Waals surface area contributed by atoms with Crippen molar-refractivity contribution in [2.24, 2.45) is 11.5 Å². The van der Waals surface area contributed by atoms with Crippen LogP contribution in [-0.2, 0) is 0 Å². The Labute approximate surface area is 97.8 Å². The van der Waals surface area contributed by atoms with Crippen LogP contribution >= 0.6 is 0 Å². The average molecular weight is 234 g/mol. The van der Waals surface area contributed by atoms with Gasteiger partial charge in [-0.15, -0.1) is 0 Å². The van der Waals surface area contributed by atoms with Crippen LogP contribution in [0.1, 0.15) is 0 Å². The first-order valence-corrected chi connectivity index (χ1v) is 5.63. The smallest absolute Gasteiger partial charge is 0.0789 e. The summed E-state index contributed by atoms with van der Waals surface area (Å²) >= 11 is 0. The SMILES string of the molecule is CN(CCN(C)CC(O)CN)CC(O)CN. The van der Waals surface area contributed by atoms with Crippen LogP contribution in [0.3, 0.4) is 0 Å². The molecular formula is C10H26N4O2. The van der Waals surface area contributed by atoms with Crippen LogP contribution in [0, 0.1) is 0 Å². The van der Waals surface area contributed by atoms with Crippen molar-refractivity contribution >= 4 is 0 Å². The molecule has 0 saturated carbocycles. The molecule has 0 aliphatic rings. The summed E-state index contributed by atoms with van der Waals surface area (Å²) in [6.45, 7) is 3.36. The number of aliphatic hydroxyl groups excluding tert-OH is 2. The van der Waals surface area contributed by atoms with Crippen LogP contribution < -0.4 is 11.5 Å². The Morgan fingerprint density at radius 3 is 1.44 bits per heavy atom. The van der Waals surface area contributed by atoms with Gasteiger partial charge in [0.1, 0.15) is 0 Å². The number of aliphatic hydroxyl groups is 2. The zero-order chi connectivity index (χ0) is 12.6. The topological polar surface area (TPSA) is 99.0 Å². The van der Waals surface area contributed by atoms with E-state index in [2.05, 4.69) is 0 Å². The molecule has 0 aliphatic heterocycles. The second-order valence-corrected chi connectivity index (χ2v) is 4.30. The maximum absolute atomic E-state index is 9.34. The molecule has 0 aromatic carbocycles. The molecule has 6 heteroatoms. The number of likely N-dealkylation sites (N-methyl/N-ethyl adjacent to an activating group) is 2. The van der Waals surface area contributed by atoms with E-state index >= 15 is 0 Å². The summed E-state index contributed by atoms with van der Waals surface area (Å²) < 4.78 is 0. The van der Waals surface area contributed by atoms with Crippen LogP contribution in [0.25, 0.3) is 0 Å². The molecule has 0 saturated heterocycles. The lowest BCUT2D eigenvalue weighted by atomic mass is 10.3. The van der Waals surface area contributed by atoms with Gasteiger partial charge in [0.15, 0.2) is 0 Å². The van der Waals surface area contributed by atoms with E-state index in [0.29, 0.717) is 13.1 Å². The molecule has 0 aliphatic carbocycles. The minimum atomic E-state index is -0.468. The Hall–Kier alpha value is -0.240. The van der Waals surface area contributed by atoms with Crippen LogP contribution in [0.15, 0.2) is 0 Å². The monoisotopic (exact) mass is 234 g/mol. The van der Waals surface area contributed by atoms with Crippen molar-refractivity contribution in [3.8, 4) is 0 Å². The number of hydrogen-bond donors (Lipinski definition) is 4. The lowest BCUT2D eigenvalue weighted by Crippen LogP contribution is -2.40. The van der Waals surface area contributed by atoms with E-state index in [1.54, 1.807) is 0 Å². The van der Waals surface area contributed by atoms with Crippen LogP contribution in [0.5, 0.6) is 0 Å². The molecule has 0 radical (unpaired) electrons. The summed E-state index contributed by atoms with van der Waals surface area (Å²) in [4.78, 5) is 4.03. The highest BCUT2D eigenvalue weighted by Crippen LogP contribution is 1.91. The van der Waals surface area contributed by atoms with Crippen molar-refractivity contribution in [3.63, 3.8) is 0 Å². The first kappa shape index (κ1) is 15.8. The van der Waals surface area contributed by atoms with Crippen molar-refractivity contribution in [1.29, 1.82) is 0 Å². The zero-order valence-electron chi connectivity index (χ0n) is 10.3. The summed E-state index contributed by atoms with van der Waals surface area (Å²) in [7, 11) is 3.87. The number of nitrogens with zero attached hydrogens (tertiary/aromatic N) is 2. The summed E-state index contributed by atoms with van der Waals surface area (Å²) in [6, 6.07) is 0. The van der Waals surface area contributed by atoms with Gasteiger partial charge in [0, 0.05) is 39.3 Å². The third kappa shape index (κ3) is 7.98. The number of rotatable bonds is 9. The molecule has 0 rings (SSSR count). The highest BCUT2D eigenvalue weighted by molar-refractivity contribution is 4.66. The van der Waals surface area contributed by atoms with Crippen molar-refractivity contribution in [2.45, 2.75) is 12.2 Å². The molecule has 0 amide bonds. The molecule has 6 N–H and O–H groups in total. The summed E-state index contributed by atoms with van der Waals surface area (Å²) in [6.07, 6.45) is -0.935. The summed E-state index contributed by atoms with van der Waals surface area (Å²) in [5.41, 5.74) is 10.7. The molecule has 16 heavy (non-hydrogen) atoms. The molecule has 2 unspecified atom stereocenters. The minimum absolute atomic E-state index is 0.284. The summed E-state index contributed by atoms with van der Waals surface area (Å²) in [5.74, 6) is 0. The first-order valence-electron chi connectivity index (χ1n) is 5.63. The predicted molar refractivity (Wildman–Crippen MR) is 65.1 cm³/mol. The van der Waals surface area contributed by atoms with Gasteiger partial charge in [-0.2, -0.15) is 0 Å². The third-order valence-electron chi connectivity index (χ3n) is 2.45. The van der Waals surface area contributed by atoms with Gasteiger partial charge < -0.3 is 31.5 Å². The van der Waals surface area contributed by atoms with Gasteiger partial charge in [0.25, 0.3) is 0 Å². The fraction of sp³-hybridized carbons (Fsp3) is 1.00. The molecule has 0 heterocycles. The molecular weight excluding hydrogens is 208 g/mol. The second-order valence-electron chi connectivity index (χ2n) is 4.30. The van der Waals surface area contributed by atoms with E-state index in [1.165, 1.54) is 0 Å². The quantitative estimate of drug-likeness (QED) is 0.352. The van der Waals surface area contributed by atoms with Gasteiger partial charge in [-0.3, -0.25) is 0 Å². The van der Waals surface area contributed by atoms with Gasteiger partial charge in [-0.25, -0.2) is 0 Å². The number of hydrogen-bond acceptors (Lipinski definition) is 6. The average Bonchev–Trinajstić information content (AvgIpc) is 2.26.